The second-order valence-electron chi connectivity index (χ2n) is 13.0. The van der Waals surface area contributed by atoms with Crippen molar-refractivity contribution in [2.24, 2.45) is 23.7 Å². The number of benzene rings is 1. The number of thiazole rings is 1. The second kappa shape index (κ2) is 17.5. The number of likely N-dealkylation sites (tertiary alicyclic amines) is 1. The molecule has 0 radical (unpaired) electrons. The predicted octanol–water partition coefficient (Wildman–Crippen LogP) is 5.14. The van der Waals surface area contributed by atoms with Crippen LogP contribution in [0, 0.1) is 23.7 Å². The third kappa shape index (κ3) is 10.7. The van der Waals surface area contributed by atoms with Gasteiger partial charge in [0.2, 0.25) is 5.91 Å². The average Bonchev–Trinajstić information content (AvgIpc) is 3.69. The molecule has 45 heavy (non-hydrogen) atoms. The molecule has 1 fully saturated rings. The normalized spacial score (nSPS) is 18.8. The van der Waals surface area contributed by atoms with Gasteiger partial charge < -0.3 is 15.4 Å². The van der Waals surface area contributed by atoms with E-state index in [4.69, 9.17) is 1.37 Å². The van der Waals surface area contributed by atoms with E-state index in [1.165, 1.54) is 0 Å². The smallest absolute Gasteiger partial charge is 0.271 e. The number of Topliss-reactive ketones (excluding diaryl/α,β-unsaturated/α-hetero) is 2. The molecule has 2 amide bonds. The number of nitrogens with one attached hydrogen (secondary N) is 2. The highest BCUT2D eigenvalue weighted by Gasteiger charge is 2.35. The molecular formula is C35H50N4O5S. The number of amides is 2. The summed E-state index contributed by atoms with van der Waals surface area (Å²) >= 11 is 1.09. The van der Waals surface area contributed by atoms with Crippen molar-refractivity contribution < 1.29 is 25.3 Å². The minimum absolute atomic E-state index is 0.00887. The first-order chi connectivity index (χ1) is 21.8. The molecular weight excluding hydrogens is 588 g/mol. The molecule has 3 rings (SSSR count). The minimum atomic E-state index is -0.474. The van der Waals surface area contributed by atoms with Crippen molar-refractivity contribution in [2.75, 3.05) is 13.6 Å². The van der Waals surface area contributed by atoms with Crippen molar-refractivity contribution in [1.29, 1.82) is 0 Å². The molecule has 10 heteroatoms. The number of carbonyl (C=O) groups is 5. The van der Waals surface area contributed by atoms with Crippen molar-refractivity contribution in [3.8, 4) is 0 Å². The fourth-order valence-corrected chi connectivity index (χ4v) is 6.59. The molecule has 1 aromatic carbocycles. The monoisotopic (exact) mass is 640 g/mol. The first-order valence-electron chi connectivity index (χ1n) is 16.7. The highest BCUT2D eigenvalue weighted by Crippen LogP contribution is 2.26. The third-order valence-corrected chi connectivity index (χ3v) is 9.87. The lowest BCUT2D eigenvalue weighted by atomic mass is 9.84. The molecule has 246 valence electrons. The summed E-state index contributed by atoms with van der Waals surface area (Å²) in [6.45, 7) is 10.6. The molecule has 2 heterocycles. The summed E-state index contributed by atoms with van der Waals surface area (Å²) in [5.41, 5.74) is 1.05. The van der Waals surface area contributed by atoms with E-state index in [0.29, 0.717) is 18.9 Å². The molecule has 2 N–H and O–H groups in total. The maximum Gasteiger partial charge on any atom is 0.271 e. The van der Waals surface area contributed by atoms with Gasteiger partial charge in [0.25, 0.3) is 5.91 Å². The van der Waals surface area contributed by atoms with E-state index in [0.717, 1.165) is 49.0 Å². The van der Waals surface area contributed by atoms with E-state index >= 15 is 0 Å². The highest BCUT2D eigenvalue weighted by molar-refractivity contribution is 7.11. The van der Waals surface area contributed by atoms with E-state index < -0.39 is 17.9 Å². The number of ketones is 2. The van der Waals surface area contributed by atoms with Crippen LogP contribution in [0.5, 0.6) is 0 Å². The highest BCUT2D eigenvalue weighted by atomic mass is 32.1. The van der Waals surface area contributed by atoms with Gasteiger partial charge >= 0.3 is 0 Å². The number of carbonyl (C=O) groups excluding carboxylic acids is 5. The van der Waals surface area contributed by atoms with Crippen molar-refractivity contribution in [3.63, 3.8) is 0 Å². The Kier molecular flexibility index (Phi) is 13.4. The van der Waals surface area contributed by atoms with Gasteiger partial charge in [-0.25, -0.2) is 4.98 Å². The van der Waals surface area contributed by atoms with Crippen LogP contribution in [0.2, 0.25) is 0 Å². The number of hydrogen-bond acceptors (Lipinski definition) is 8. The van der Waals surface area contributed by atoms with Gasteiger partial charge in [-0.1, -0.05) is 71.3 Å². The number of aldehydes is 1. The van der Waals surface area contributed by atoms with Crippen molar-refractivity contribution in [1.82, 2.24) is 20.5 Å². The molecule has 0 saturated carbocycles. The summed E-state index contributed by atoms with van der Waals surface area (Å²) < 4.78 is 7.70. The Hall–Kier alpha value is -3.24. The molecule has 1 aliphatic heterocycles. The van der Waals surface area contributed by atoms with Crippen LogP contribution < -0.4 is 10.6 Å². The Morgan fingerprint density at radius 2 is 1.84 bits per heavy atom. The van der Waals surface area contributed by atoms with E-state index in [-0.39, 0.29) is 70.9 Å². The lowest BCUT2D eigenvalue weighted by Crippen LogP contribution is -2.46. The van der Waals surface area contributed by atoms with Crippen LogP contribution in [0.25, 0.3) is 0 Å². The van der Waals surface area contributed by atoms with Gasteiger partial charge in [-0.2, -0.15) is 0 Å². The summed E-state index contributed by atoms with van der Waals surface area (Å²) in [5.74, 6) is -1.59. The Balaban J connectivity index is 1.66. The minimum Gasteiger partial charge on any atom is -0.352 e. The maximum atomic E-state index is 13.6. The molecule has 6 unspecified atom stereocenters. The first-order valence-corrected chi connectivity index (χ1v) is 17.0. The predicted molar refractivity (Wildman–Crippen MR) is 177 cm³/mol. The largest absolute Gasteiger partial charge is 0.352 e. The Labute approximate surface area is 273 Å². The molecule has 1 aliphatic rings. The van der Waals surface area contributed by atoms with Crippen LogP contribution in [-0.4, -0.2) is 71.3 Å². The summed E-state index contributed by atoms with van der Waals surface area (Å²) in [4.78, 5) is 71.0. The molecule has 1 saturated heterocycles. The van der Waals surface area contributed by atoms with Gasteiger partial charge in [-0.05, 0) is 56.7 Å². The summed E-state index contributed by atoms with van der Waals surface area (Å²) in [6.07, 6.45) is 4.53. The quantitative estimate of drug-likeness (QED) is 0.171. The third-order valence-electron chi connectivity index (χ3n) is 8.99. The standard InChI is InChI=1S/C35H50N4O5S/c1-7-24(5)27(18-31(41)30-14-11-15-39(30)6)33(43)37-28(22(2)3)19-32(42)35-38-29(21-45-35)34(44)36-26(16-23(4)20-40)17-25-12-9-8-10-13-25/h8-10,12-13,20-24,26-28,30H,7,11,14-19H2,1-6H3,(H,36,44)(H,37,43)/i8T. The lowest BCUT2D eigenvalue weighted by molar-refractivity contribution is -0.133. The fraction of sp³-hybridized carbons (Fsp3) is 0.600. The molecule has 2 aromatic rings. The van der Waals surface area contributed by atoms with E-state index in [2.05, 4.69) is 20.5 Å². The molecule has 0 bridgehead atoms. The zero-order valence-corrected chi connectivity index (χ0v) is 28.3. The summed E-state index contributed by atoms with van der Waals surface area (Å²) in [6, 6.07) is 6.47. The zero-order chi connectivity index (χ0) is 34.0. The summed E-state index contributed by atoms with van der Waals surface area (Å²) in [7, 11) is 1.95. The second-order valence-corrected chi connectivity index (χ2v) is 13.8. The van der Waals surface area contributed by atoms with E-state index in [1.54, 1.807) is 24.4 Å². The van der Waals surface area contributed by atoms with Crippen LogP contribution in [0.4, 0.5) is 0 Å². The van der Waals surface area contributed by atoms with Crippen molar-refractivity contribution >= 4 is 41.0 Å². The molecule has 0 spiro atoms. The van der Waals surface area contributed by atoms with Gasteiger partial charge in [0.1, 0.15) is 12.0 Å². The average molecular weight is 641 g/mol. The van der Waals surface area contributed by atoms with Crippen molar-refractivity contribution in [3.05, 3.63) is 52.0 Å². The molecule has 1 aromatic heterocycles. The van der Waals surface area contributed by atoms with Crippen molar-refractivity contribution in [2.45, 2.75) is 97.7 Å². The Morgan fingerprint density at radius 3 is 2.44 bits per heavy atom. The topological polar surface area (TPSA) is 126 Å². The van der Waals surface area contributed by atoms with Gasteiger partial charge in [0.15, 0.2) is 16.6 Å². The zero-order valence-electron chi connectivity index (χ0n) is 28.5. The Morgan fingerprint density at radius 1 is 1.13 bits per heavy atom. The van der Waals surface area contributed by atoms with Crippen LogP contribution in [0.1, 0.15) is 100 Å². The number of likely N-dealkylation sites (N-methyl/N-ethyl adjacent to an activating group) is 1. The van der Waals surface area contributed by atoms with Crippen LogP contribution in [0.15, 0.2) is 35.7 Å². The number of rotatable bonds is 18. The van der Waals surface area contributed by atoms with Gasteiger partial charge in [0.05, 0.1) is 7.41 Å². The van der Waals surface area contributed by atoms with Crippen LogP contribution >= 0.6 is 11.3 Å². The van der Waals surface area contributed by atoms with Crippen LogP contribution in [-0.2, 0) is 20.8 Å². The van der Waals surface area contributed by atoms with Gasteiger partial charge in [-0.3, -0.25) is 24.1 Å². The maximum absolute atomic E-state index is 13.6. The SMILES string of the molecule is [3H]c1ccc(CC(CC(C)C=O)NC(=O)c2csc(C(=O)CC(NC(=O)C(CC(=O)C3CCCN3C)C(C)CC)C(C)C)n2)cc1. The van der Waals surface area contributed by atoms with Crippen LogP contribution in [0.3, 0.4) is 0 Å². The number of nitrogens with zero attached hydrogens (tertiary/aromatic N) is 2. The molecule has 0 aliphatic carbocycles. The Bertz CT molecular complexity index is 1350. The van der Waals surface area contributed by atoms with Gasteiger partial charge in [-0.15, -0.1) is 11.3 Å². The number of hydrogen-bond donors (Lipinski definition) is 2. The van der Waals surface area contributed by atoms with Gasteiger partial charge in [0, 0.05) is 42.1 Å². The lowest BCUT2D eigenvalue weighted by Gasteiger charge is -2.28. The summed E-state index contributed by atoms with van der Waals surface area (Å²) in [5, 5.41) is 7.78. The first kappa shape index (κ1) is 34.6. The van der Waals surface area contributed by atoms with E-state index in [9.17, 15) is 24.0 Å². The number of aromatic nitrogens is 1. The fourth-order valence-electron chi connectivity index (χ4n) is 5.84. The molecule has 9 nitrogen and oxygen atoms in total. The molecule has 6 atom stereocenters. The van der Waals surface area contributed by atoms with E-state index in [1.807, 2.05) is 46.9 Å².